The minimum atomic E-state index is -2.06. The average molecular weight is 1300 g/mol. The lowest BCUT2D eigenvalue weighted by molar-refractivity contribution is 0.538. The van der Waals surface area contributed by atoms with Gasteiger partial charge in [0.2, 0.25) is 0 Å². The molecule has 3 aliphatic heterocycles. The Bertz CT molecular complexity index is 5850. The molecule has 4 aromatic carbocycles. The van der Waals surface area contributed by atoms with Gasteiger partial charge in [0.1, 0.15) is 8.07 Å². The van der Waals surface area contributed by atoms with E-state index in [0.29, 0.717) is 0 Å². The summed E-state index contributed by atoms with van der Waals surface area (Å²) in [6.45, 7) is 4.93. The molecule has 4 N–H and O–H groups in total. The van der Waals surface area contributed by atoms with Crippen LogP contribution in [0.5, 0.6) is 0 Å². The Morgan fingerprint density at radius 1 is 0.343 bits per heavy atom. The first-order valence-corrected chi connectivity index (χ1v) is 38.1. The Morgan fingerprint density at radius 2 is 0.737 bits per heavy atom. The first-order valence-electron chi connectivity index (χ1n) is 33.6. The number of nitrogens with one attached hydrogen (secondary N) is 4. The van der Waals surface area contributed by atoms with E-state index >= 15 is 0 Å². The molecule has 8 bridgehead atoms. The Hall–Kier alpha value is -13.1. The predicted molar refractivity (Wildman–Crippen MR) is 414 cm³/mol. The molecule has 99 heavy (non-hydrogen) atoms. The number of H-pyrrole nitrogens is 4. The minimum absolute atomic E-state index is 0.992. The maximum atomic E-state index is 5.00. The van der Waals surface area contributed by atoms with Crippen LogP contribution in [0.15, 0.2) is 133 Å². The van der Waals surface area contributed by atoms with Gasteiger partial charge in [0.15, 0.2) is 8.80 Å². The third kappa shape index (κ3) is 18.0. The van der Waals surface area contributed by atoms with E-state index in [1.165, 1.54) is 134 Å². The van der Waals surface area contributed by atoms with Crippen molar-refractivity contribution in [3.8, 4) is 212 Å². The van der Waals surface area contributed by atoms with Crippen LogP contribution in [-0.4, -0.2) is 36.8 Å². The van der Waals surface area contributed by atoms with Crippen LogP contribution < -0.4 is 42.1 Å². The topological polar surface area (TPSA) is 63.2 Å². The number of unbranched alkanes of at least 4 members (excludes halogenated alkanes) is 13. The number of aromatic amines is 4. The largest absolute Gasteiger partial charge is 0.355 e. The van der Waals surface area contributed by atoms with Gasteiger partial charge < -0.3 is 19.9 Å². The van der Waals surface area contributed by atoms with Crippen molar-refractivity contribution in [1.82, 2.24) is 19.9 Å². The second-order valence-electron chi connectivity index (χ2n) is 24.1. The van der Waals surface area contributed by atoms with Crippen LogP contribution in [0.2, 0.25) is 12.6 Å². The van der Waals surface area contributed by atoms with Crippen molar-refractivity contribution in [2.45, 2.75) is 109 Å². The highest BCUT2D eigenvalue weighted by Gasteiger charge is 2.41. The van der Waals surface area contributed by atoms with Crippen molar-refractivity contribution in [3.63, 3.8) is 0 Å². The summed E-state index contributed by atoms with van der Waals surface area (Å²) in [6.07, 6.45) is 28.7. The van der Waals surface area contributed by atoms with Crippen molar-refractivity contribution in [2.24, 2.45) is 0 Å². The maximum Gasteiger partial charge on any atom is 0.186 e. The van der Waals surface area contributed by atoms with Crippen molar-refractivity contribution < 1.29 is 0 Å². The Balaban J connectivity index is 0.774. The summed E-state index contributed by atoms with van der Waals surface area (Å²) in [5.74, 6) is 77.8. The molecular formula is C93H66N4Si2. The molecule has 0 aliphatic carbocycles. The van der Waals surface area contributed by atoms with E-state index in [1.54, 1.807) is 10.4 Å². The lowest BCUT2D eigenvalue weighted by Gasteiger charge is -2.25. The highest BCUT2D eigenvalue weighted by molar-refractivity contribution is 7.04. The quantitative estimate of drug-likeness (QED) is 0.0399. The molecule has 3 aliphatic rings. The zero-order chi connectivity index (χ0) is 68.0. The summed E-state index contributed by atoms with van der Waals surface area (Å²) in [7, 11) is -4.11. The summed E-state index contributed by atoms with van der Waals surface area (Å²) >= 11 is 0. The molecule has 466 valence electrons. The van der Waals surface area contributed by atoms with E-state index in [0.717, 1.165) is 60.9 Å². The van der Waals surface area contributed by atoms with Gasteiger partial charge in [-0.3, -0.25) is 0 Å². The van der Waals surface area contributed by atoms with E-state index in [1.807, 2.05) is 0 Å². The number of fused-ring (bicyclic) bond motifs is 14. The van der Waals surface area contributed by atoms with Gasteiger partial charge in [-0.25, -0.2) is 0 Å². The molecule has 0 saturated carbocycles. The van der Waals surface area contributed by atoms with Crippen LogP contribution in [0.3, 0.4) is 0 Å². The van der Waals surface area contributed by atoms with Gasteiger partial charge in [0.05, 0.1) is 0 Å². The summed E-state index contributed by atoms with van der Waals surface area (Å²) in [6, 6.07) is 50.9. The number of hydrogen-bond donors (Lipinski definition) is 4. The van der Waals surface area contributed by atoms with Crippen LogP contribution in [0.4, 0.5) is 0 Å². The molecule has 7 heterocycles. The molecule has 11 rings (SSSR count). The molecule has 6 heteroatoms. The van der Waals surface area contributed by atoms with E-state index in [4.69, 9.17) is 6.42 Å². The van der Waals surface area contributed by atoms with Gasteiger partial charge in [-0.15, -0.1) is 12.0 Å². The lowest BCUT2D eigenvalue weighted by Crippen LogP contribution is -2.52. The van der Waals surface area contributed by atoms with E-state index < -0.39 is 16.9 Å². The van der Waals surface area contributed by atoms with E-state index in [9.17, 15) is 0 Å². The SMILES string of the molecule is C#CC#CC#CC#CC#CC#CC#CC#CC#CC#CC#CC#CC#CC#CC#CC#C[SiH]1c2ccccc2-c2ccc(C3=c4ccc([nH]4)=Cc4ccc([nH]4)C(c4ccc5c(c4)[Si](C)(CCCCCCCCCCCCCCCC)c4ccccc4-5)=c4ccc([nH]4)=Cc4ccc3[nH]4)cc21. The van der Waals surface area contributed by atoms with Gasteiger partial charge in [-0.05, 0) is 216 Å². The number of terminal acetylenes is 1. The van der Waals surface area contributed by atoms with E-state index in [2.05, 4.69) is 362 Å². The summed E-state index contributed by atoms with van der Waals surface area (Å²) in [4.78, 5) is 15.4. The smallest absolute Gasteiger partial charge is 0.186 e. The van der Waals surface area contributed by atoms with Crippen LogP contribution in [0.1, 0.15) is 131 Å². The molecule has 0 radical (unpaired) electrons. The normalized spacial score (nSPS) is 12.6. The first kappa shape index (κ1) is 67.3. The monoisotopic (exact) mass is 1290 g/mol. The number of rotatable bonds is 17. The third-order valence-corrected chi connectivity index (χ3v) is 24.8. The minimum Gasteiger partial charge on any atom is -0.355 e. The number of aromatic nitrogens is 4. The van der Waals surface area contributed by atoms with Gasteiger partial charge >= 0.3 is 0 Å². The molecule has 2 unspecified atom stereocenters. The van der Waals surface area contributed by atoms with Crippen molar-refractivity contribution in [1.29, 1.82) is 0 Å². The summed E-state index contributed by atoms with van der Waals surface area (Å²) in [5.41, 5.74) is 17.5. The van der Waals surface area contributed by atoms with Crippen LogP contribution in [-0.2, 0) is 0 Å². The van der Waals surface area contributed by atoms with Gasteiger partial charge in [0, 0.05) is 138 Å². The molecule has 4 aromatic heterocycles. The third-order valence-electron chi connectivity index (χ3n) is 17.5. The summed E-state index contributed by atoms with van der Waals surface area (Å²) < 4.78 is 0. The van der Waals surface area contributed by atoms with Gasteiger partial charge in [-0.2, -0.15) is 0 Å². The first-order chi connectivity index (χ1) is 49.0. The maximum absolute atomic E-state index is 5.00. The fourth-order valence-corrected chi connectivity index (χ4v) is 20.0. The average Bonchev–Trinajstić information content (AvgIpc) is 1.58. The highest BCUT2D eigenvalue weighted by Crippen LogP contribution is 2.34. The fraction of sp³-hybridized carbons (Fsp3) is 0.183. The van der Waals surface area contributed by atoms with Crippen LogP contribution in [0.25, 0.3) is 45.6 Å². The molecule has 0 fully saturated rings. The molecule has 0 saturated heterocycles. The Morgan fingerprint density at radius 3 is 1.22 bits per heavy atom. The van der Waals surface area contributed by atoms with Crippen molar-refractivity contribution >= 4 is 60.9 Å². The molecule has 0 amide bonds. The van der Waals surface area contributed by atoms with Crippen molar-refractivity contribution in [2.75, 3.05) is 0 Å². The second kappa shape index (κ2) is 35.4. The number of benzene rings is 4. The standard InChI is InChI=1S/C93H66N4Si2/c1-4-6-8-10-12-14-16-18-20-21-22-23-24-25-26-27-28-29-30-31-32-33-34-35-36-38-40-42-44-50-68-98-88-54-48-46-52-80(88)81-62-56-74(70-89(81)98)92-84-64-58-76(94-84)72-78-60-66-86(96-78)93(87-67-61-79(97-87)73-77-59-65-85(92)95-77)75-57-63-83-82-53-47-49-55-90(82)99(3,91(83)71-75)69-51-45-43-41-39-37-19-17-15-13-11-9-7-5-2/h1,46-49,52-67,70-73,94-98H,5,7,9,11,13,15,17,19,37,39,41,43,45,51,69H2,2-3H3. The van der Waals surface area contributed by atoms with Gasteiger partial charge in [-0.1, -0.05) is 188 Å². The molecule has 2 atom stereocenters. The second-order valence-corrected chi connectivity index (χ2v) is 30.7. The Labute approximate surface area is 587 Å². The Kier molecular flexibility index (Phi) is 24.1. The fourth-order valence-electron chi connectivity index (χ4n) is 13.0. The highest BCUT2D eigenvalue weighted by atomic mass is 28.3. The molecule has 0 spiro atoms. The molecule has 8 aromatic rings. The predicted octanol–water partition coefficient (Wildman–Crippen LogP) is 9.66. The lowest BCUT2D eigenvalue weighted by atomic mass is 9.98. The molecule has 4 nitrogen and oxygen atoms in total. The molecular weight excluding hydrogens is 1230 g/mol. The van der Waals surface area contributed by atoms with Crippen LogP contribution in [0, 0.1) is 190 Å². The van der Waals surface area contributed by atoms with E-state index in [-0.39, 0.29) is 0 Å². The number of hydrogen-bond acceptors (Lipinski definition) is 0. The van der Waals surface area contributed by atoms with Crippen molar-refractivity contribution in [3.05, 3.63) is 189 Å². The summed E-state index contributed by atoms with van der Waals surface area (Å²) in [5, 5.41) is 9.75. The van der Waals surface area contributed by atoms with Gasteiger partial charge in [0.25, 0.3) is 0 Å². The van der Waals surface area contributed by atoms with Crippen LogP contribution >= 0.6 is 0 Å². The zero-order valence-electron chi connectivity index (χ0n) is 55.6. The zero-order valence-corrected chi connectivity index (χ0v) is 57.8.